The van der Waals surface area contributed by atoms with Crippen LogP contribution in [0.25, 0.3) is 0 Å². The van der Waals surface area contributed by atoms with Crippen molar-refractivity contribution in [3.05, 3.63) is 91.0 Å². The van der Waals surface area contributed by atoms with Crippen LogP contribution in [0.1, 0.15) is 28.8 Å². The smallest absolute Gasteiger partial charge is 0.258 e. The molecule has 2 rings (SSSR count). The molecule has 2 aromatic rings. The predicted molar refractivity (Wildman–Crippen MR) is 97.9 cm³/mol. The first-order valence-corrected chi connectivity index (χ1v) is 7.94. The standard InChI is InChI=1S/C21H23NO/c1-3-5-11-17-22(21(23)19-14-7-6-8-15-19)20-16-10-9-13-18(20)12-4-2/h3-4,6-10,13-16H,1-2,5,11-12,17H2. The molecule has 0 heterocycles. The van der Waals surface area contributed by atoms with Crippen LogP contribution >= 0.6 is 0 Å². The minimum atomic E-state index is 0.0335. The summed E-state index contributed by atoms with van der Waals surface area (Å²) in [5, 5.41) is 0. The molecule has 0 radical (unpaired) electrons. The Balaban J connectivity index is 2.36. The van der Waals surface area contributed by atoms with Crippen molar-refractivity contribution in [3.63, 3.8) is 0 Å². The van der Waals surface area contributed by atoms with E-state index in [-0.39, 0.29) is 5.91 Å². The predicted octanol–water partition coefficient (Wildman–Crippen LogP) is 5.03. The van der Waals surface area contributed by atoms with Crippen molar-refractivity contribution in [1.29, 1.82) is 0 Å². The van der Waals surface area contributed by atoms with Crippen LogP contribution in [0.2, 0.25) is 0 Å². The molecule has 0 aromatic heterocycles. The van der Waals surface area contributed by atoms with Crippen LogP contribution in [0.4, 0.5) is 5.69 Å². The molecule has 118 valence electrons. The first-order chi connectivity index (χ1) is 11.3. The summed E-state index contributed by atoms with van der Waals surface area (Å²) >= 11 is 0. The Bertz CT molecular complexity index is 661. The molecule has 0 spiro atoms. The molecule has 2 aromatic carbocycles. The molecule has 0 atom stereocenters. The lowest BCUT2D eigenvalue weighted by molar-refractivity contribution is 0.0986. The Labute approximate surface area is 138 Å². The van der Waals surface area contributed by atoms with Gasteiger partial charge in [-0.2, -0.15) is 0 Å². The number of para-hydroxylation sites is 1. The first kappa shape index (κ1) is 16.8. The molecule has 2 nitrogen and oxygen atoms in total. The first-order valence-electron chi connectivity index (χ1n) is 7.94. The minimum absolute atomic E-state index is 0.0335. The molecule has 0 saturated carbocycles. The van der Waals surface area contributed by atoms with Gasteiger partial charge < -0.3 is 4.90 Å². The maximum absolute atomic E-state index is 13.0. The SMILES string of the molecule is C=CCCCN(C(=O)c1ccccc1)c1ccccc1CC=C. The second-order valence-electron chi connectivity index (χ2n) is 5.38. The van der Waals surface area contributed by atoms with E-state index in [1.165, 1.54) is 0 Å². The summed E-state index contributed by atoms with van der Waals surface area (Å²) in [5.41, 5.74) is 2.79. The summed E-state index contributed by atoms with van der Waals surface area (Å²) in [6, 6.07) is 17.5. The number of carbonyl (C=O) groups is 1. The van der Waals surface area contributed by atoms with E-state index in [4.69, 9.17) is 0 Å². The summed E-state index contributed by atoms with van der Waals surface area (Å²) in [5.74, 6) is 0.0335. The molecule has 1 amide bonds. The van der Waals surface area contributed by atoms with Gasteiger partial charge in [0.05, 0.1) is 0 Å². The van der Waals surface area contributed by atoms with Crippen molar-refractivity contribution in [2.75, 3.05) is 11.4 Å². The molecule has 0 bridgehead atoms. The van der Waals surface area contributed by atoms with Gasteiger partial charge in [-0.3, -0.25) is 4.79 Å². The number of unbranched alkanes of at least 4 members (excludes halogenated alkanes) is 1. The molecule has 0 fully saturated rings. The van der Waals surface area contributed by atoms with E-state index in [9.17, 15) is 4.79 Å². The molecular weight excluding hydrogens is 282 g/mol. The van der Waals surface area contributed by atoms with Gasteiger partial charge >= 0.3 is 0 Å². The van der Waals surface area contributed by atoms with Gasteiger partial charge in [0.25, 0.3) is 5.91 Å². The number of benzene rings is 2. The third-order valence-corrected chi connectivity index (χ3v) is 3.70. The Morgan fingerprint density at radius 1 is 0.957 bits per heavy atom. The number of nitrogens with zero attached hydrogens (tertiary/aromatic N) is 1. The molecule has 0 unspecified atom stereocenters. The summed E-state index contributed by atoms with van der Waals surface area (Å²) in [4.78, 5) is 14.8. The van der Waals surface area contributed by atoms with Crippen LogP contribution in [0.15, 0.2) is 79.9 Å². The molecule has 0 saturated heterocycles. The van der Waals surface area contributed by atoms with Gasteiger partial charge in [0.2, 0.25) is 0 Å². The number of hydrogen-bond acceptors (Lipinski definition) is 1. The summed E-state index contributed by atoms with van der Waals surface area (Å²) in [6.45, 7) is 8.26. The van der Waals surface area contributed by atoms with E-state index in [2.05, 4.69) is 19.2 Å². The summed E-state index contributed by atoms with van der Waals surface area (Å²) in [6.07, 6.45) is 6.29. The fourth-order valence-corrected chi connectivity index (χ4v) is 2.56. The Morgan fingerprint density at radius 2 is 1.65 bits per heavy atom. The van der Waals surface area contributed by atoms with Gasteiger partial charge in [0.15, 0.2) is 0 Å². The monoisotopic (exact) mass is 305 g/mol. The molecule has 23 heavy (non-hydrogen) atoms. The van der Waals surface area contributed by atoms with Crippen LogP contribution in [0.3, 0.4) is 0 Å². The number of allylic oxidation sites excluding steroid dienone is 2. The summed E-state index contributed by atoms with van der Waals surface area (Å²) in [7, 11) is 0. The van der Waals surface area contributed by atoms with Gasteiger partial charge in [0.1, 0.15) is 0 Å². The highest BCUT2D eigenvalue weighted by atomic mass is 16.2. The summed E-state index contributed by atoms with van der Waals surface area (Å²) < 4.78 is 0. The quantitative estimate of drug-likeness (QED) is 0.495. The minimum Gasteiger partial charge on any atom is -0.308 e. The average Bonchev–Trinajstić information content (AvgIpc) is 2.60. The average molecular weight is 305 g/mol. The van der Waals surface area contributed by atoms with E-state index < -0.39 is 0 Å². The Kier molecular flexibility index (Phi) is 6.37. The highest BCUT2D eigenvalue weighted by Crippen LogP contribution is 2.24. The number of carbonyl (C=O) groups excluding carboxylic acids is 1. The highest BCUT2D eigenvalue weighted by molar-refractivity contribution is 6.06. The van der Waals surface area contributed by atoms with Crippen LogP contribution < -0.4 is 4.90 Å². The van der Waals surface area contributed by atoms with Crippen LogP contribution in [0, 0.1) is 0 Å². The van der Waals surface area contributed by atoms with Crippen LogP contribution in [-0.2, 0) is 6.42 Å². The van der Waals surface area contributed by atoms with Gasteiger partial charge in [-0.15, -0.1) is 13.2 Å². The van der Waals surface area contributed by atoms with E-state index in [1.807, 2.05) is 65.6 Å². The largest absolute Gasteiger partial charge is 0.308 e. The van der Waals surface area contributed by atoms with Gasteiger partial charge in [-0.05, 0) is 43.0 Å². The van der Waals surface area contributed by atoms with E-state index in [0.717, 1.165) is 30.5 Å². The molecule has 0 N–H and O–H groups in total. The van der Waals surface area contributed by atoms with Crippen molar-refractivity contribution in [2.45, 2.75) is 19.3 Å². The lowest BCUT2D eigenvalue weighted by Gasteiger charge is -2.25. The lowest BCUT2D eigenvalue weighted by Crippen LogP contribution is -2.32. The normalized spacial score (nSPS) is 10.1. The maximum atomic E-state index is 13.0. The highest BCUT2D eigenvalue weighted by Gasteiger charge is 2.19. The van der Waals surface area contributed by atoms with Crippen molar-refractivity contribution in [2.24, 2.45) is 0 Å². The van der Waals surface area contributed by atoms with E-state index in [0.29, 0.717) is 12.1 Å². The lowest BCUT2D eigenvalue weighted by atomic mass is 10.1. The van der Waals surface area contributed by atoms with Gasteiger partial charge in [-0.25, -0.2) is 0 Å². The molecule has 2 heteroatoms. The Morgan fingerprint density at radius 3 is 2.35 bits per heavy atom. The fraction of sp³-hybridized carbons (Fsp3) is 0.190. The topological polar surface area (TPSA) is 20.3 Å². The van der Waals surface area contributed by atoms with Gasteiger partial charge in [0, 0.05) is 17.8 Å². The van der Waals surface area contributed by atoms with Crippen molar-refractivity contribution < 1.29 is 4.79 Å². The fourth-order valence-electron chi connectivity index (χ4n) is 2.56. The van der Waals surface area contributed by atoms with Crippen molar-refractivity contribution in [3.8, 4) is 0 Å². The second-order valence-corrected chi connectivity index (χ2v) is 5.38. The molecule has 0 aliphatic carbocycles. The van der Waals surface area contributed by atoms with Crippen molar-refractivity contribution in [1.82, 2.24) is 0 Å². The number of anilines is 1. The van der Waals surface area contributed by atoms with Crippen LogP contribution in [-0.4, -0.2) is 12.5 Å². The number of hydrogen-bond donors (Lipinski definition) is 0. The third-order valence-electron chi connectivity index (χ3n) is 3.70. The number of rotatable bonds is 8. The zero-order valence-corrected chi connectivity index (χ0v) is 13.4. The molecular formula is C21H23NO. The second kappa shape index (κ2) is 8.74. The maximum Gasteiger partial charge on any atom is 0.258 e. The van der Waals surface area contributed by atoms with E-state index >= 15 is 0 Å². The zero-order valence-electron chi connectivity index (χ0n) is 13.4. The molecule has 0 aliphatic rings. The van der Waals surface area contributed by atoms with Crippen LogP contribution in [0.5, 0.6) is 0 Å². The third kappa shape index (κ3) is 4.43. The van der Waals surface area contributed by atoms with Gasteiger partial charge in [-0.1, -0.05) is 48.6 Å². The van der Waals surface area contributed by atoms with Crippen molar-refractivity contribution >= 4 is 11.6 Å². The Hall–Kier alpha value is -2.61. The zero-order chi connectivity index (χ0) is 16.5. The van der Waals surface area contributed by atoms with E-state index in [1.54, 1.807) is 0 Å². The number of amides is 1. The molecule has 0 aliphatic heterocycles.